The molecule has 2 aromatic carbocycles. The Morgan fingerprint density at radius 3 is 2.35 bits per heavy atom. The minimum Gasteiger partial charge on any atom is -0.262 e. The number of benzene rings is 2. The molecule has 0 saturated heterocycles. The molecular formula is C22H21N. The van der Waals surface area contributed by atoms with Gasteiger partial charge in [0.2, 0.25) is 0 Å². The Morgan fingerprint density at radius 1 is 0.870 bits per heavy atom. The molecule has 0 radical (unpaired) electrons. The molecule has 0 atom stereocenters. The van der Waals surface area contributed by atoms with E-state index >= 15 is 0 Å². The van der Waals surface area contributed by atoms with Gasteiger partial charge in [0, 0.05) is 23.0 Å². The number of nitrogens with zero attached hydrogens (tertiary/aromatic N) is 1. The van der Waals surface area contributed by atoms with Crippen LogP contribution in [0.1, 0.15) is 43.2 Å². The summed E-state index contributed by atoms with van der Waals surface area (Å²) in [6.07, 6.45) is 1.81. The van der Waals surface area contributed by atoms with Crippen molar-refractivity contribution in [1.29, 1.82) is 0 Å². The van der Waals surface area contributed by atoms with E-state index in [4.69, 9.17) is 0 Å². The zero-order chi connectivity index (χ0) is 16.4. The fourth-order valence-corrected chi connectivity index (χ4v) is 2.84. The van der Waals surface area contributed by atoms with Gasteiger partial charge in [-0.1, -0.05) is 62.9 Å². The predicted octanol–water partition coefficient (Wildman–Crippen LogP) is 5.24. The van der Waals surface area contributed by atoms with E-state index in [1.54, 1.807) is 6.20 Å². The maximum absolute atomic E-state index is 4.22. The summed E-state index contributed by atoms with van der Waals surface area (Å²) >= 11 is 0. The number of hydrogen-bond donors (Lipinski definition) is 0. The molecule has 0 aliphatic carbocycles. The van der Waals surface area contributed by atoms with E-state index in [9.17, 15) is 0 Å². The summed E-state index contributed by atoms with van der Waals surface area (Å²) in [4.78, 5) is 4.22. The first kappa shape index (κ1) is 15.3. The summed E-state index contributed by atoms with van der Waals surface area (Å²) in [6, 6.07) is 16.8. The fourth-order valence-electron chi connectivity index (χ4n) is 2.84. The van der Waals surface area contributed by atoms with Gasteiger partial charge in [-0.15, -0.1) is 0 Å². The van der Waals surface area contributed by atoms with Crippen LogP contribution in [0.4, 0.5) is 0 Å². The Kier molecular flexibility index (Phi) is 3.92. The Hall–Kier alpha value is -2.59. The van der Waals surface area contributed by atoms with E-state index in [1.807, 2.05) is 19.1 Å². The highest BCUT2D eigenvalue weighted by Crippen LogP contribution is 2.31. The second-order valence-corrected chi connectivity index (χ2v) is 6.89. The topological polar surface area (TPSA) is 12.9 Å². The van der Waals surface area contributed by atoms with Crippen LogP contribution in [-0.2, 0) is 5.41 Å². The lowest BCUT2D eigenvalue weighted by molar-refractivity contribution is 0.596. The summed E-state index contributed by atoms with van der Waals surface area (Å²) in [7, 11) is 0. The summed E-state index contributed by atoms with van der Waals surface area (Å²) in [5.74, 6) is 6.59. The van der Waals surface area contributed by atoms with Gasteiger partial charge in [-0.25, -0.2) is 0 Å². The van der Waals surface area contributed by atoms with Crippen molar-refractivity contribution in [3.63, 3.8) is 0 Å². The minimum atomic E-state index is 0.119. The minimum absolute atomic E-state index is 0.119. The quantitative estimate of drug-likeness (QED) is 0.517. The molecule has 3 aromatic rings. The van der Waals surface area contributed by atoms with E-state index < -0.39 is 0 Å². The zero-order valence-electron chi connectivity index (χ0n) is 14.1. The van der Waals surface area contributed by atoms with Gasteiger partial charge in [-0.2, -0.15) is 0 Å². The SMILES string of the molecule is Cc1cc(C#Cc2cccc3c(C(C)(C)C)cccc23)ccn1. The van der Waals surface area contributed by atoms with Crippen LogP contribution in [0.5, 0.6) is 0 Å². The molecule has 0 saturated carbocycles. The molecule has 23 heavy (non-hydrogen) atoms. The van der Waals surface area contributed by atoms with Crippen LogP contribution >= 0.6 is 0 Å². The molecule has 114 valence electrons. The van der Waals surface area contributed by atoms with E-state index in [-0.39, 0.29) is 5.41 Å². The Balaban J connectivity index is 2.14. The van der Waals surface area contributed by atoms with Gasteiger partial charge in [0.15, 0.2) is 0 Å². The molecule has 3 rings (SSSR count). The molecule has 0 N–H and O–H groups in total. The lowest BCUT2D eigenvalue weighted by Crippen LogP contribution is -2.11. The number of hydrogen-bond acceptors (Lipinski definition) is 1. The molecule has 1 heteroatoms. The Labute approximate surface area is 138 Å². The molecule has 1 heterocycles. The van der Waals surface area contributed by atoms with Gasteiger partial charge in [-0.05, 0) is 46.9 Å². The van der Waals surface area contributed by atoms with Crippen LogP contribution < -0.4 is 0 Å². The summed E-state index contributed by atoms with van der Waals surface area (Å²) < 4.78 is 0. The number of pyridine rings is 1. The highest BCUT2D eigenvalue weighted by atomic mass is 14.6. The van der Waals surface area contributed by atoms with E-state index in [0.29, 0.717) is 0 Å². The third-order valence-electron chi connectivity index (χ3n) is 3.97. The van der Waals surface area contributed by atoms with Gasteiger partial charge in [-0.3, -0.25) is 4.98 Å². The first-order valence-corrected chi connectivity index (χ1v) is 7.92. The van der Waals surface area contributed by atoms with Crippen LogP contribution in [-0.4, -0.2) is 4.98 Å². The van der Waals surface area contributed by atoms with Crippen LogP contribution in [0.2, 0.25) is 0 Å². The number of fused-ring (bicyclic) bond motifs is 1. The molecule has 0 amide bonds. The predicted molar refractivity (Wildman–Crippen MR) is 97.6 cm³/mol. The molecule has 1 aromatic heterocycles. The molecule has 0 aliphatic heterocycles. The van der Waals surface area contributed by atoms with Crippen LogP contribution in [0.15, 0.2) is 54.7 Å². The molecule has 1 nitrogen and oxygen atoms in total. The highest BCUT2D eigenvalue weighted by molar-refractivity contribution is 5.91. The van der Waals surface area contributed by atoms with Gasteiger partial charge in [0.05, 0.1) is 0 Å². The molecule has 0 fully saturated rings. The highest BCUT2D eigenvalue weighted by Gasteiger charge is 2.16. The third-order valence-corrected chi connectivity index (χ3v) is 3.97. The lowest BCUT2D eigenvalue weighted by Gasteiger charge is -2.21. The van der Waals surface area contributed by atoms with Crippen molar-refractivity contribution in [3.05, 3.63) is 77.1 Å². The van der Waals surface area contributed by atoms with Gasteiger partial charge >= 0.3 is 0 Å². The van der Waals surface area contributed by atoms with Crippen LogP contribution in [0.25, 0.3) is 10.8 Å². The van der Waals surface area contributed by atoms with Crippen molar-refractivity contribution in [1.82, 2.24) is 4.98 Å². The first-order valence-electron chi connectivity index (χ1n) is 7.92. The number of aryl methyl sites for hydroxylation is 1. The van der Waals surface area contributed by atoms with Gasteiger partial charge in [0.25, 0.3) is 0 Å². The monoisotopic (exact) mass is 299 g/mol. The van der Waals surface area contributed by atoms with E-state index in [0.717, 1.165) is 16.8 Å². The molecule has 0 unspecified atom stereocenters. The van der Waals surface area contributed by atoms with Crippen molar-refractivity contribution < 1.29 is 0 Å². The average Bonchev–Trinajstić information content (AvgIpc) is 2.51. The van der Waals surface area contributed by atoms with Crippen molar-refractivity contribution in [2.24, 2.45) is 0 Å². The summed E-state index contributed by atoms with van der Waals surface area (Å²) in [5, 5.41) is 2.51. The maximum Gasteiger partial charge on any atom is 0.0385 e. The molecule has 0 aliphatic rings. The van der Waals surface area contributed by atoms with Crippen molar-refractivity contribution >= 4 is 10.8 Å². The maximum atomic E-state index is 4.22. The van der Waals surface area contributed by atoms with Gasteiger partial charge < -0.3 is 0 Å². The lowest BCUT2D eigenvalue weighted by atomic mass is 9.83. The molecule has 0 spiro atoms. The average molecular weight is 299 g/mol. The van der Waals surface area contributed by atoms with E-state index in [2.05, 4.69) is 74.0 Å². The smallest absolute Gasteiger partial charge is 0.0385 e. The van der Waals surface area contributed by atoms with Crippen LogP contribution in [0, 0.1) is 18.8 Å². The number of aromatic nitrogens is 1. The second-order valence-electron chi connectivity index (χ2n) is 6.89. The number of rotatable bonds is 0. The van der Waals surface area contributed by atoms with Crippen LogP contribution in [0.3, 0.4) is 0 Å². The Bertz CT molecular complexity index is 918. The first-order chi connectivity index (χ1) is 10.9. The molecular weight excluding hydrogens is 278 g/mol. The standard InChI is InChI=1S/C22H21N/c1-16-15-17(13-14-23-16)11-12-18-7-5-9-20-19(18)8-6-10-21(20)22(2,3)4/h5-10,13-15H,1-4H3. The summed E-state index contributed by atoms with van der Waals surface area (Å²) in [6.45, 7) is 8.73. The second kappa shape index (κ2) is 5.89. The van der Waals surface area contributed by atoms with Crippen molar-refractivity contribution in [2.45, 2.75) is 33.1 Å². The van der Waals surface area contributed by atoms with Gasteiger partial charge in [0.1, 0.15) is 0 Å². The Morgan fingerprint density at radius 2 is 1.61 bits per heavy atom. The van der Waals surface area contributed by atoms with E-state index in [1.165, 1.54) is 16.3 Å². The summed E-state index contributed by atoms with van der Waals surface area (Å²) in [5.41, 5.74) is 4.54. The van der Waals surface area contributed by atoms with Crippen molar-refractivity contribution in [2.75, 3.05) is 0 Å². The molecule has 0 bridgehead atoms. The van der Waals surface area contributed by atoms with Crippen molar-refractivity contribution in [3.8, 4) is 11.8 Å². The largest absolute Gasteiger partial charge is 0.262 e. The third kappa shape index (κ3) is 3.27. The normalized spacial score (nSPS) is 11.1. The fraction of sp³-hybridized carbons (Fsp3) is 0.227. The zero-order valence-corrected chi connectivity index (χ0v) is 14.1.